The van der Waals surface area contributed by atoms with Gasteiger partial charge >= 0.3 is 0 Å². The van der Waals surface area contributed by atoms with Crippen LogP contribution in [0, 0.1) is 0 Å². The van der Waals surface area contributed by atoms with Crippen LogP contribution in [0.25, 0.3) is 0 Å². The fourth-order valence-electron chi connectivity index (χ4n) is 2.10. The standard InChI is InChI=1S/C17H16ClN5/c18-14-8-4-5-9-15(14)21-17-22-16(12-20-23-17)19-11-10-13-6-2-1-3-7-13/h1-9,12H,10-11H2,(H2,19,21,22,23). The molecule has 0 saturated carbocycles. The highest BCUT2D eigenvalue weighted by atomic mass is 35.5. The van der Waals surface area contributed by atoms with E-state index >= 15 is 0 Å². The summed E-state index contributed by atoms with van der Waals surface area (Å²) in [5.74, 6) is 1.08. The van der Waals surface area contributed by atoms with Gasteiger partial charge in [0.2, 0.25) is 5.95 Å². The minimum Gasteiger partial charge on any atom is -0.368 e. The van der Waals surface area contributed by atoms with E-state index in [0.29, 0.717) is 16.8 Å². The second kappa shape index (κ2) is 7.56. The number of nitrogens with one attached hydrogen (secondary N) is 2. The van der Waals surface area contributed by atoms with Crippen molar-refractivity contribution in [1.29, 1.82) is 0 Å². The quantitative estimate of drug-likeness (QED) is 0.719. The minimum atomic E-state index is 0.405. The van der Waals surface area contributed by atoms with Crippen molar-refractivity contribution in [3.63, 3.8) is 0 Å². The summed E-state index contributed by atoms with van der Waals surface area (Å²) in [7, 11) is 0. The van der Waals surface area contributed by atoms with E-state index < -0.39 is 0 Å². The van der Waals surface area contributed by atoms with Crippen molar-refractivity contribution in [3.05, 3.63) is 71.4 Å². The monoisotopic (exact) mass is 325 g/mol. The predicted molar refractivity (Wildman–Crippen MR) is 93.2 cm³/mol. The first kappa shape index (κ1) is 15.2. The third kappa shape index (κ3) is 4.40. The Morgan fingerprint density at radius 3 is 2.57 bits per heavy atom. The molecule has 5 nitrogen and oxygen atoms in total. The van der Waals surface area contributed by atoms with Gasteiger partial charge in [0.05, 0.1) is 16.9 Å². The average Bonchev–Trinajstić information content (AvgIpc) is 2.58. The molecule has 0 radical (unpaired) electrons. The molecule has 1 heterocycles. The fraction of sp³-hybridized carbons (Fsp3) is 0.118. The summed E-state index contributed by atoms with van der Waals surface area (Å²) >= 11 is 6.11. The molecule has 23 heavy (non-hydrogen) atoms. The van der Waals surface area contributed by atoms with Crippen LogP contribution in [0.5, 0.6) is 0 Å². The normalized spacial score (nSPS) is 10.3. The number of anilines is 3. The Morgan fingerprint density at radius 1 is 0.957 bits per heavy atom. The number of para-hydroxylation sites is 1. The predicted octanol–water partition coefficient (Wildman–Crippen LogP) is 3.92. The van der Waals surface area contributed by atoms with Crippen LogP contribution in [0.1, 0.15) is 5.56 Å². The fourth-order valence-corrected chi connectivity index (χ4v) is 2.29. The molecule has 0 saturated heterocycles. The molecule has 3 aromatic rings. The topological polar surface area (TPSA) is 62.7 Å². The lowest BCUT2D eigenvalue weighted by Crippen LogP contribution is -2.08. The number of hydrogen-bond acceptors (Lipinski definition) is 5. The Hall–Kier alpha value is -2.66. The van der Waals surface area contributed by atoms with E-state index in [1.807, 2.05) is 36.4 Å². The van der Waals surface area contributed by atoms with Crippen LogP contribution in [0.4, 0.5) is 17.5 Å². The Balaban J connectivity index is 1.60. The molecule has 0 spiro atoms. The molecule has 0 atom stereocenters. The summed E-state index contributed by atoms with van der Waals surface area (Å²) in [6, 6.07) is 17.7. The molecule has 0 aliphatic heterocycles. The van der Waals surface area contributed by atoms with Crippen LogP contribution in [-0.4, -0.2) is 21.7 Å². The second-order valence-electron chi connectivity index (χ2n) is 4.93. The second-order valence-corrected chi connectivity index (χ2v) is 5.34. The first-order valence-electron chi connectivity index (χ1n) is 7.30. The Bertz CT molecular complexity index is 764. The van der Waals surface area contributed by atoms with E-state index in [1.165, 1.54) is 5.56 Å². The lowest BCUT2D eigenvalue weighted by molar-refractivity contribution is 0.950. The lowest BCUT2D eigenvalue weighted by atomic mass is 10.1. The van der Waals surface area contributed by atoms with Gasteiger partial charge in [-0.05, 0) is 24.1 Å². The number of rotatable bonds is 6. The number of benzene rings is 2. The van der Waals surface area contributed by atoms with Gasteiger partial charge < -0.3 is 10.6 Å². The number of hydrogen-bond donors (Lipinski definition) is 2. The van der Waals surface area contributed by atoms with Crippen molar-refractivity contribution < 1.29 is 0 Å². The van der Waals surface area contributed by atoms with Gasteiger partial charge in [-0.2, -0.15) is 10.1 Å². The molecule has 0 bridgehead atoms. The highest BCUT2D eigenvalue weighted by Crippen LogP contribution is 2.23. The van der Waals surface area contributed by atoms with Gasteiger partial charge in [-0.25, -0.2) is 0 Å². The molecule has 1 aromatic heterocycles. The molecular weight excluding hydrogens is 310 g/mol. The third-order valence-electron chi connectivity index (χ3n) is 3.24. The van der Waals surface area contributed by atoms with Gasteiger partial charge in [0.15, 0.2) is 5.82 Å². The largest absolute Gasteiger partial charge is 0.368 e. The van der Waals surface area contributed by atoms with Crippen molar-refractivity contribution in [3.8, 4) is 0 Å². The molecule has 0 unspecified atom stereocenters. The van der Waals surface area contributed by atoms with E-state index in [1.54, 1.807) is 12.3 Å². The average molecular weight is 326 g/mol. The van der Waals surface area contributed by atoms with Crippen LogP contribution in [-0.2, 0) is 6.42 Å². The van der Waals surface area contributed by atoms with Crippen molar-refractivity contribution in [2.24, 2.45) is 0 Å². The van der Waals surface area contributed by atoms with Crippen molar-refractivity contribution in [2.75, 3.05) is 17.2 Å². The summed E-state index contributed by atoms with van der Waals surface area (Å²) in [4.78, 5) is 4.39. The van der Waals surface area contributed by atoms with Gasteiger partial charge in [-0.15, -0.1) is 5.10 Å². The zero-order valence-corrected chi connectivity index (χ0v) is 13.2. The molecule has 0 aliphatic rings. The summed E-state index contributed by atoms with van der Waals surface area (Å²) in [5, 5.41) is 14.8. The van der Waals surface area contributed by atoms with E-state index in [0.717, 1.165) is 18.7 Å². The summed E-state index contributed by atoms with van der Waals surface area (Å²) in [6.07, 6.45) is 2.51. The third-order valence-corrected chi connectivity index (χ3v) is 3.57. The Kier molecular flexibility index (Phi) is 5.01. The van der Waals surface area contributed by atoms with Gasteiger partial charge in [0.1, 0.15) is 0 Å². The van der Waals surface area contributed by atoms with Gasteiger partial charge in [-0.1, -0.05) is 54.1 Å². The van der Waals surface area contributed by atoms with Crippen LogP contribution in [0.15, 0.2) is 60.8 Å². The molecular formula is C17H16ClN5. The SMILES string of the molecule is Clc1ccccc1Nc1nncc(NCCc2ccccc2)n1. The zero-order valence-electron chi connectivity index (χ0n) is 12.4. The van der Waals surface area contributed by atoms with Crippen molar-refractivity contribution in [2.45, 2.75) is 6.42 Å². The maximum atomic E-state index is 6.11. The molecule has 0 aliphatic carbocycles. The molecule has 3 rings (SSSR count). The maximum Gasteiger partial charge on any atom is 0.249 e. The molecule has 6 heteroatoms. The van der Waals surface area contributed by atoms with Gasteiger partial charge in [-0.3, -0.25) is 0 Å². The van der Waals surface area contributed by atoms with E-state index in [-0.39, 0.29) is 0 Å². The highest BCUT2D eigenvalue weighted by molar-refractivity contribution is 6.33. The van der Waals surface area contributed by atoms with Crippen molar-refractivity contribution >= 4 is 29.1 Å². The molecule has 2 N–H and O–H groups in total. The van der Waals surface area contributed by atoms with Crippen LogP contribution in [0.2, 0.25) is 5.02 Å². The van der Waals surface area contributed by atoms with Gasteiger partial charge in [0.25, 0.3) is 0 Å². The van der Waals surface area contributed by atoms with Crippen molar-refractivity contribution in [1.82, 2.24) is 15.2 Å². The van der Waals surface area contributed by atoms with E-state index in [2.05, 4.69) is 37.9 Å². The highest BCUT2D eigenvalue weighted by Gasteiger charge is 2.04. The van der Waals surface area contributed by atoms with E-state index in [4.69, 9.17) is 11.6 Å². The Morgan fingerprint density at radius 2 is 1.74 bits per heavy atom. The molecule has 2 aromatic carbocycles. The first-order valence-corrected chi connectivity index (χ1v) is 7.68. The lowest BCUT2D eigenvalue weighted by Gasteiger charge is -2.08. The minimum absolute atomic E-state index is 0.405. The molecule has 116 valence electrons. The first-order chi connectivity index (χ1) is 11.3. The maximum absolute atomic E-state index is 6.11. The number of aromatic nitrogens is 3. The number of halogens is 1. The van der Waals surface area contributed by atoms with Crippen LogP contribution in [0.3, 0.4) is 0 Å². The van der Waals surface area contributed by atoms with Crippen LogP contribution < -0.4 is 10.6 Å². The molecule has 0 amide bonds. The summed E-state index contributed by atoms with van der Waals surface area (Å²) in [5.41, 5.74) is 2.02. The smallest absolute Gasteiger partial charge is 0.249 e. The van der Waals surface area contributed by atoms with Crippen LogP contribution >= 0.6 is 11.6 Å². The van der Waals surface area contributed by atoms with E-state index in [9.17, 15) is 0 Å². The summed E-state index contributed by atoms with van der Waals surface area (Å²) < 4.78 is 0. The molecule has 0 fully saturated rings. The zero-order chi connectivity index (χ0) is 15.9. The number of nitrogens with zero attached hydrogens (tertiary/aromatic N) is 3. The van der Waals surface area contributed by atoms with Gasteiger partial charge in [0, 0.05) is 6.54 Å². The summed E-state index contributed by atoms with van der Waals surface area (Å²) in [6.45, 7) is 0.772. The Labute approximate surface area is 139 Å².